The minimum Gasteiger partial charge on any atom is -0.450 e. The minimum absolute atomic E-state index is 0. The molecule has 1 heterocycles. The summed E-state index contributed by atoms with van der Waals surface area (Å²) in [6, 6.07) is 7.09. The lowest BCUT2D eigenvalue weighted by Crippen LogP contribution is -2.48. The summed E-state index contributed by atoms with van der Waals surface area (Å²) < 4.78 is 19.1. The molecule has 1 saturated heterocycles. The van der Waals surface area contributed by atoms with E-state index in [9.17, 15) is 9.18 Å². The van der Waals surface area contributed by atoms with Gasteiger partial charge in [0.25, 0.3) is 0 Å². The van der Waals surface area contributed by atoms with Crippen molar-refractivity contribution in [1.29, 1.82) is 0 Å². The second kappa shape index (κ2) is 9.57. The molecule has 3 rings (SSSR count). The lowest BCUT2D eigenvalue weighted by atomic mass is 9.95. The minimum atomic E-state index is -0.256. The Balaban J connectivity index is 0.00000261. The van der Waals surface area contributed by atoms with Gasteiger partial charge in [-0.2, -0.15) is 0 Å². The molecule has 0 unspecified atom stereocenters. The monoisotopic (exact) mass is 490 g/mol. The molecule has 2 fully saturated rings. The number of benzene rings is 1. The van der Waals surface area contributed by atoms with Gasteiger partial charge in [0.1, 0.15) is 5.82 Å². The summed E-state index contributed by atoms with van der Waals surface area (Å²) in [6.07, 6.45) is 3.21. The van der Waals surface area contributed by atoms with Gasteiger partial charge in [-0.25, -0.2) is 9.18 Å². The summed E-state index contributed by atoms with van der Waals surface area (Å²) in [7, 11) is 0. The van der Waals surface area contributed by atoms with Crippen LogP contribution in [0.2, 0.25) is 0 Å². The summed E-state index contributed by atoms with van der Waals surface area (Å²) in [4.78, 5) is 17.9. The molecule has 0 bridgehead atoms. The van der Waals surface area contributed by atoms with Crippen LogP contribution in [0.1, 0.15) is 38.2 Å². The molecule has 1 aliphatic heterocycles. The van der Waals surface area contributed by atoms with Crippen LogP contribution in [0.4, 0.5) is 9.18 Å². The predicted octanol–water partition coefficient (Wildman–Crippen LogP) is 3.00. The van der Waals surface area contributed by atoms with Gasteiger partial charge in [-0.3, -0.25) is 4.99 Å². The number of halogens is 2. The Labute approximate surface area is 176 Å². The molecule has 2 aliphatic rings. The summed E-state index contributed by atoms with van der Waals surface area (Å²) in [5.41, 5.74) is 6.57. The molecule has 27 heavy (non-hydrogen) atoms. The molecule has 1 saturated carbocycles. The Kier molecular flexibility index (Phi) is 7.69. The van der Waals surface area contributed by atoms with Crippen molar-refractivity contribution in [2.24, 2.45) is 10.7 Å². The van der Waals surface area contributed by atoms with Crippen molar-refractivity contribution >= 4 is 36.0 Å². The zero-order valence-electron chi connectivity index (χ0n) is 15.6. The van der Waals surface area contributed by atoms with Crippen LogP contribution in [-0.4, -0.2) is 49.2 Å². The second-order valence-electron chi connectivity index (χ2n) is 7.07. The van der Waals surface area contributed by atoms with Gasteiger partial charge in [-0.1, -0.05) is 18.2 Å². The third-order valence-electron chi connectivity index (χ3n) is 5.22. The SMILES string of the molecule is CCOC(=O)N1CCC(NC(N)=NCC2(c3ccccc3F)CC2)CC1.I. The fraction of sp³-hybridized carbons (Fsp3) is 0.579. The Morgan fingerprint density at radius 3 is 2.63 bits per heavy atom. The highest BCUT2D eigenvalue weighted by molar-refractivity contribution is 14.0. The molecule has 8 heteroatoms. The Morgan fingerprint density at radius 2 is 2.04 bits per heavy atom. The van der Waals surface area contributed by atoms with E-state index in [0.717, 1.165) is 31.2 Å². The number of hydrogen-bond donors (Lipinski definition) is 2. The molecule has 150 valence electrons. The van der Waals surface area contributed by atoms with Gasteiger partial charge in [0.05, 0.1) is 13.2 Å². The number of nitrogens with one attached hydrogen (secondary N) is 1. The van der Waals surface area contributed by atoms with Crippen molar-refractivity contribution < 1.29 is 13.9 Å². The maximum Gasteiger partial charge on any atom is 0.409 e. The topological polar surface area (TPSA) is 80.0 Å². The van der Waals surface area contributed by atoms with Crippen LogP contribution in [0.15, 0.2) is 29.3 Å². The van der Waals surface area contributed by atoms with Crippen LogP contribution < -0.4 is 11.1 Å². The molecule has 1 aliphatic carbocycles. The highest BCUT2D eigenvalue weighted by Crippen LogP contribution is 2.49. The molecule has 6 nitrogen and oxygen atoms in total. The number of likely N-dealkylation sites (tertiary alicyclic amines) is 1. The van der Waals surface area contributed by atoms with Crippen LogP contribution in [0.25, 0.3) is 0 Å². The first-order valence-corrected chi connectivity index (χ1v) is 9.27. The molecule has 1 aromatic carbocycles. The fourth-order valence-corrected chi connectivity index (χ4v) is 3.47. The smallest absolute Gasteiger partial charge is 0.409 e. The highest BCUT2D eigenvalue weighted by Gasteiger charge is 2.45. The van der Waals surface area contributed by atoms with Crippen LogP contribution in [0.5, 0.6) is 0 Å². The van der Waals surface area contributed by atoms with Crippen molar-refractivity contribution in [2.45, 2.75) is 44.1 Å². The van der Waals surface area contributed by atoms with E-state index in [1.54, 1.807) is 17.9 Å². The lowest BCUT2D eigenvalue weighted by Gasteiger charge is -2.31. The quantitative estimate of drug-likeness (QED) is 0.378. The van der Waals surface area contributed by atoms with Crippen molar-refractivity contribution in [3.8, 4) is 0 Å². The number of carbonyl (C=O) groups is 1. The Bertz CT molecular complexity index is 673. The average molecular weight is 490 g/mol. The van der Waals surface area contributed by atoms with Crippen LogP contribution in [-0.2, 0) is 10.2 Å². The van der Waals surface area contributed by atoms with E-state index in [1.807, 2.05) is 12.1 Å². The van der Waals surface area contributed by atoms with E-state index in [-0.39, 0.29) is 47.3 Å². The number of carbonyl (C=O) groups excluding carboxylic acids is 1. The van der Waals surface area contributed by atoms with E-state index in [4.69, 9.17) is 10.5 Å². The molecule has 0 aromatic heterocycles. The summed E-state index contributed by atoms with van der Waals surface area (Å²) in [5, 5.41) is 3.23. The number of piperidine rings is 1. The van der Waals surface area contributed by atoms with Gasteiger partial charge in [0.15, 0.2) is 5.96 Å². The summed E-state index contributed by atoms with van der Waals surface area (Å²) in [5.74, 6) is 0.222. The van der Waals surface area contributed by atoms with Crippen molar-refractivity contribution in [1.82, 2.24) is 10.2 Å². The standard InChI is InChI=1S/C19H27FN4O2.HI/c1-2-26-18(25)24-11-7-14(8-12-24)23-17(21)22-13-19(9-10-19)15-5-3-4-6-16(15)20;/h3-6,14H,2,7-13H2,1H3,(H3,21,22,23);1H. The number of aliphatic imine (C=N–C) groups is 1. The molecule has 0 radical (unpaired) electrons. The molecular weight excluding hydrogens is 462 g/mol. The van der Waals surface area contributed by atoms with Gasteiger partial charge in [0.2, 0.25) is 0 Å². The van der Waals surface area contributed by atoms with Gasteiger partial charge < -0.3 is 20.7 Å². The van der Waals surface area contributed by atoms with Crippen molar-refractivity contribution in [3.05, 3.63) is 35.6 Å². The first-order valence-electron chi connectivity index (χ1n) is 9.27. The molecular formula is C19H28FIN4O2. The predicted molar refractivity (Wildman–Crippen MR) is 114 cm³/mol. The van der Waals surface area contributed by atoms with Crippen LogP contribution >= 0.6 is 24.0 Å². The van der Waals surface area contributed by atoms with Crippen LogP contribution in [0, 0.1) is 5.82 Å². The molecule has 3 N–H and O–H groups in total. The fourth-order valence-electron chi connectivity index (χ4n) is 3.47. The van der Waals surface area contributed by atoms with Gasteiger partial charge in [0, 0.05) is 24.5 Å². The maximum absolute atomic E-state index is 14.0. The summed E-state index contributed by atoms with van der Waals surface area (Å²) >= 11 is 0. The molecule has 0 spiro atoms. The first kappa shape index (κ1) is 21.7. The van der Waals surface area contributed by atoms with E-state index in [1.165, 1.54) is 6.07 Å². The van der Waals surface area contributed by atoms with E-state index >= 15 is 0 Å². The van der Waals surface area contributed by atoms with Crippen molar-refractivity contribution in [3.63, 3.8) is 0 Å². The Morgan fingerprint density at radius 1 is 1.37 bits per heavy atom. The van der Waals surface area contributed by atoms with E-state index in [2.05, 4.69) is 10.3 Å². The second-order valence-corrected chi connectivity index (χ2v) is 7.07. The first-order chi connectivity index (χ1) is 12.5. The third kappa shape index (κ3) is 5.46. The largest absolute Gasteiger partial charge is 0.450 e. The van der Waals surface area contributed by atoms with Gasteiger partial charge in [-0.15, -0.1) is 24.0 Å². The molecule has 0 atom stereocenters. The van der Waals surface area contributed by atoms with E-state index < -0.39 is 0 Å². The zero-order valence-corrected chi connectivity index (χ0v) is 17.9. The molecule has 1 amide bonds. The van der Waals surface area contributed by atoms with E-state index in [0.29, 0.717) is 32.2 Å². The normalized spacial score (nSPS) is 19.2. The zero-order chi connectivity index (χ0) is 18.6. The lowest BCUT2D eigenvalue weighted by molar-refractivity contribution is 0.0963. The number of guanidine groups is 1. The van der Waals surface area contributed by atoms with Gasteiger partial charge in [-0.05, 0) is 44.2 Å². The van der Waals surface area contributed by atoms with Crippen LogP contribution in [0.3, 0.4) is 0 Å². The number of rotatable bonds is 5. The van der Waals surface area contributed by atoms with Gasteiger partial charge >= 0.3 is 6.09 Å². The number of ether oxygens (including phenoxy) is 1. The average Bonchev–Trinajstić information content (AvgIpc) is 3.42. The molecule has 1 aromatic rings. The van der Waals surface area contributed by atoms with Crippen molar-refractivity contribution in [2.75, 3.05) is 26.2 Å². The number of hydrogen-bond acceptors (Lipinski definition) is 3. The highest BCUT2D eigenvalue weighted by atomic mass is 127. The maximum atomic E-state index is 14.0. The Hall–Kier alpha value is -1.58. The third-order valence-corrected chi connectivity index (χ3v) is 5.22. The number of nitrogens with zero attached hydrogens (tertiary/aromatic N) is 2. The number of nitrogens with two attached hydrogens (primary N) is 1. The number of amides is 1. The summed E-state index contributed by atoms with van der Waals surface area (Å²) in [6.45, 7) is 3.97.